The van der Waals surface area contributed by atoms with Crippen molar-refractivity contribution in [3.8, 4) is 5.75 Å². The number of rotatable bonds is 0. The zero-order valence-corrected chi connectivity index (χ0v) is 7.70. The summed E-state index contributed by atoms with van der Waals surface area (Å²) >= 11 is 0. The van der Waals surface area contributed by atoms with Crippen molar-refractivity contribution in [2.45, 2.75) is 13.8 Å². The highest BCUT2D eigenvalue weighted by molar-refractivity contribution is 5.80. The third-order valence-electron chi connectivity index (χ3n) is 2.24. The van der Waals surface area contributed by atoms with Gasteiger partial charge in [0.05, 0.1) is 5.52 Å². The Morgan fingerprint density at radius 3 is 2.69 bits per heavy atom. The van der Waals surface area contributed by atoms with E-state index in [9.17, 15) is 5.11 Å². The van der Waals surface area contributed by atoms with E-state index in [0.29, 0.717) is 0 Å². The average molecular weight is 173 g/mol. The summed E-state index contributed by atoms with van der Waals surface area (Å²) in [6, 6.07) is 7.32. The summed E-state index contributed by atoms with van der Waals surface area (Å²) in [5.74, 6) is 0.267. The van der Waals surface area contributed by atoms with Crippen LogP contribution in [0.4, 0.5) is 0 Å². The van der Waals surface area contributed by atoms with Crippen molar-refractivity contribution in [2.24, 2.45) is 0 Å². The summed E-state index contributed by atoms with van der Waals surface area (Å²) < 4.78 is 0. The summed E-state index contributed by atoms with van der Waals surface area (Å²) in [4.78, 5) is 4.38. The minimum absolute atomic E-state index is 0.267. The highest BCUT2D eigenvalue weighted by atomic mass is 16.3. The molecule has 0 radical (unpaired) electrons. The molecular weight excluding hydrogens is 162 g/mol. The van der Waals surface area contributed by atoms with Crippen LogP contribution in [0.5, 0.6) is 5.75 Å². The van der Waals surface area contributed by atoms with Crippen LogP contribution in [0.1, 0.15) is 11.3 Å². The molecule has 2 nitrogen and oxygen atoms in total. The predicted octanol–water partition coefficient (Wildman–Crippen LogP) is 2.56. The summed E-state index contributed by atoms with van der Waals surface area (Å²) in [5.41, 5.74) is 3.04. The average Bonchev–Trinajstić information content (AvgIpc) is 2.08. The van der Waals surface area contributed by atoms with E-state index in [1.165, 1.54) is 5.56 Å². The van der Waals surface area contributed by atoms with Crippen molar-refractivity contribution in [1.29, 1.82) is 0 Å². The molecule has 66 valence electrons. The molecule has 1 heterocycles. The van der Waals surface area contributed by atoms with Crippen molar-refractivity contribution in [3.63, 3.8) is 0 Å². The summed E-state index contributed by atoms with van der Waals surface area (Å²) in [7, 11) is 0. The molecule has 1 N–H and O–H groups in total. The number of nitrogens with zero attached hydrogens (tertiary/aromatic N) is 1. The Kier molecular flexibility index (Phi) is 1.69. The summed E-state index contributed by atoms with van der Waals surface area (Å²) in [5, 5.41) is 10.3. The van der Waals surface area contributed by atoms with Gasteiger partial charge in [-0.3, -0.25) is 4.98 Å². The molecule has 2 aromatic rings. The van der Waals surface area contributed by atoms with Crippen molar-refractivity contribution in [3.05, 3.63) is 35.5 Å². The summed E-state index contributed by atoms with van der Waals surface area (Å²) in [6.45, 7) is 4.01. The van der Waals surface area contributed by atoms with Crippen molar-refractivity contribution >= 4 is 10.9 Å². The van der Waals surface area contributed by atoms with Gasteiger partial charge in [-0.2, -0.15) is 0 Å². The number of hydrogen-bond donors (Lipinski definition) is 1. The van der Waals surface area contributed by atoms with Gasteiger partial charge in [-0.05, 0) is 37.6 Å². The zero-order valence-electron chi connectivity index (χ0n) is 7.70. The number of pyridine rings is 1. The smallest absolute Gasteiger partial charge is 0.117 e. The van der Waals surface area contributed by atoms with Crippen molar-refractivity contribution < 1.29 is 5.11 Å². The first-order valence-corrected chi connectivity index (χ1v) is 4.24. The van der Waals surface area contributed by atoms with Crippen LogP contribution in [0.15, 0.2) is 24.3 Å². The lowest BCUT2D eigenvalue weighted by Crippen LogP contribution is -1.87. The maximum Gasteiger partial charge on any atom is 0.117 e. The SMILES string of the molecule is Cc1cc2ccc(O)cc2nc1C. The van der Waals surface area contributed by atoms with Gasteiger partial charge < -0.3 is 5.11 Å². The van der Waals surface area contributed by atoms with Gasteiger partial charge in [-0.25, -0.2) is 0 Å². The van der Waals surface area contributed by atoms with E-state index >= 15 is 0 Å². The molecule has 2 heteroatoms. The van der Waals surface area contributed by atoms with Crippen LogP contribution >= 0.6 is 0 Å². The van der Waals surface area contributed by atoms with Gasteiger partial charge in [0, 0.05) is 17.1 Å². The Morgan fingerprint density at radius 2 is 1.92 bits per heavy atom. The van der Waals surface area contributed by atoms with Crippen LogP contribution in [0.3, 0.4) is 0 Å². The lowest BCUT2D eigenvalue weighted by molar-refractivity contribution is 0.476. The van der Waals surface area contributed by atoms with Gasteiger partial charge in [0.1, 0.15) is 5.75 Å². The molecule has 0 unspecified atom stereocenters. The number of aryl methyl sites for hydroxylation is 2. The standard InChI is InChI=1S/C11H11NO/c1-7-5-9-3-4-10(13)6-11(9)12-8(7)2/h3-6,13H,1-2H3. The maximum absolute atomic E-state index is 9.25. The molecule has 0 fully saturated rings. The maximum atomic E-state index is 9.25. The zero-order chi connectivity index (χ0) is 9.42. The topological polar surface area (TPSA) is 33.1 Å². The Balaban J connectivity index is 2.81. The molecule has 0 spiro atoms. The molecule has 0 amide bonds. The van der Waals surface area contributed by atoms with Crippen LogP contribution in [0.2, 0.25) is 0 Å². The minimum atomic E-state index is 0.267. The Morgan fingerprint density at radius 1 is 1.15 bits per heavy atom. The predicted molar refractivity (Wildman–Crippen MR) is 52.9 cm³/mol. The van der Waals surface area contributed by atoms with Crippen LogP contribution in [-0.2, 0) is 0 Å². The summed E-state index contributed by atoms with van der Waals surface area (Å²) in [6.07, 6.45) is 0. The van der Waals surface area contributed by atoms with Gasteiger partial charge in [0.15, 0.2) is 0 Å². The van der Waals surface area contributed by atoms with Gasteiger partial charge in [-0.15, -0.1) is 0 Å². The van der Waals surface area contributed by atoms with Crippen LogP contribution in [0.25, 0.3) is 10.9 Å². The number of fused-ring (bicyclic) bond motifs is 1. The normalized spacial score (nSPS) is 10.6. The van der Waals surface area contributed by atoms with E-state index in [-0.39, 0.29) is 5.75 Å². The fourth-order valence-electron chi connectivity index (χ4n) is 1.36. The number of phenolic OH excluding ortho intramolecular Hbond substituents is 1. The molecular formula is C11H11NO. The van der Waals surface area contributed by atoms with Crippen LogP contribution < -0.4 is 0 Å². The number of aromatic nitrogens is 1. The second kappa shape index (κ2) is 2.73. The van der Waals surface area contributed by atoms with Gasteiger partial charge in [0.2, 0.25) is 0 Å². The number of phenols is 1. The van der Waals surface area contributed by atoms with E-state index in [1.807, 2.05) is 19.9 Å². The monoisotopic (exact) mass is 173 g/mol. The molecule has 2 rings (SSSR count). The third-order valence-corrected chi connectivity index (χ3v) is 2.24. The van der Waals surface area contributed by atoms with E-state index in [0.717, 1.165) is 16.6 Å². The molecule has 1 aromatic heterocycles. The molecule has 1 aromatic carbocycles. The quantitative estimate of drug-likeness (QED) is 0.664. The lowest BCUT2D eigenvalue weighted by Gasteiger charge is -2.02. The van der Waals surface area contributed by atoms with Gasteiger partial charge in [0.25, 0.3) is 0 Å². The fraction of sp³-hybridized carbons (Fsp3) is 0.182. The molecule has 0 atom stereocenters. The molecule has 0 aliphatic rings. The largest absolute Gasteiger partial charge is 0.508 e. The molecule has 0 aliphatic carbocycles. The van der Waals surface area contributed by atoms with Crippen LogP contribution in [0, 0.1) is 13.8 Å². The molecule has 0 aliphatic heterocycles. The van der Waals surface area contributed by atoms with Gasteiger partial charge in [-0.1, -0.05) is 0 Å². The van der Waals surface area contributed by atoms with Crippen molar-refractivity contribution in [2.75, 3.05) is 0 Å². The second-order valence-electron chi connectivity index (χ2n) is 3.27. The van der Waals surface area contributed by atoms with E-state index in [2.05, 4.69) is 11.1 Å². The van der Waals surface area contributed by atoms with Crippen LogP contribution in [-0.4, -0.2) is 10.1 Å². The first-order valence-electron chi connectivity index (χ1n) is 4.24. The van der Waals surface area contributed by atoms with E-state index in [1.54, 1.807) is 12.1 Å². The van der Waals surface area contributed by atoms with E-state index in [4.69, 9.17) is 0 Å². The molecule has 13 heavy (non-hydrogen) atoms. The second-order valence-corrected chi connectivity index (χ2v) is 3.27. The van der Waals surface area contributed by atoms with E-state index < -0.39 is 0 Å². The highest BCUT2D eigenvalue weighted by Gasteiger charge is 1.99. The third kappa shape index (κ3) is 1.35. The van der Waals surface area contributed by atoms with Crippen molar-refractivity contribution in [1.82, 2.24) is 4.98 Å². The number of benzene rings is 1. The molecule has 0 saturated carbocycles. The van der Waals surface area contributed by atoms with Gasteiger partial charge >= 0.3 is 0 Å². The lowest BCUT2D eigenvalue weighted by atomic mass is 10.1. The molecule has 0 bridgehead atoms. The Bertz CT molecular complexity index is 463. The first kappa shape index (κ1) is 8.05. The Hall–Kier alpha value is -1.57. The number of hydrogen-bond acceptors (Lipinski definition) is 2. The fourth-order valence-corrected chi connectivity index (χ4v) is 1.36. The number of aromatic hydroxyl groups is 1. The minimum Gasteiger partial charge on any atom is -0.508 e. The Labute approximate surface area is 76.9 Å². The molecule has 0 saturated heterocycles. The first-order chi connectivity index (χ1) is 6.16. The highest BCUT2D eigenvalue weighted by Crippen LogP contribution is 2.20.